The first kappa shape index (κ1) is 16.2. The molecule has 0 unspecified atom stereocenters. The Labute approximate surface area is 129 Å². The van der Waals surface area contributed by atoms with Crippen LogP contribution in [-0.2, 0) is 6.54 Å². The largest absolute Gasteiger partial charge is 0.497 e. The highest BCUT2D eigenvalue weighted by molar-refractivity contribution is 5.40. The number of benzene rings is 1. The van der Waals surface area contributed by atoms with Crippen molar-refractivity contribution in [2.45, 2.75) is 58.5 Å². The minimum Gasteiger partial charge on any atom is -0.497 e. The minimum atomic E-state index is 0.461. The van der Waals surface area contributed by atoms with Gasteiger partial charge in [-0.3, -0.25) is 0 Å². The zero-order valence-corrected chi connectivity index (χ0v) is 13.7. The van der Waals surface area contributed by atoms with Crippen LogP contribution in [-0.4, -0.2) is 19.8 Å². The number of rotatable bonds is 7. The van der Waals surface area contributed by atoms with Gasteiger partial charge in [-0.05, 0) is 37.0 Å². The molecule has 0 spiro atoms. The van der Waals surface area contributed by atoms with Crippen LogP contribution in [0.25, 0.3) is 0 Å². The van der Waals surface area contributed by atoms with E-state index in [1.54, 1.807) is 7.11 Å². The van der Waals surface area contributed by atoms with Gasteiger partial charge in [0.25, 0.3) is 0 Å². The summed E-state index contributed by atoms with van der Waals surface area (Å²) >= 11 is 0. The molecule has 1 N–H and O–H groups in total. The summed E-state index contributed by atoms with van der Waals surface area (Å²) < 4.78 is 11.4. The molecule has 0 atom stereocenters. The maximum absolute atomic E-state index is 6.11. The number of hydrogen-bond acceptors (Lipinski definition) is 3. The van der Waals surface area contributed by atoms with E-state index < -0.39 is 0 Å². The molecule has 118 valence electrons. The van der Waals surface area contributed by atoms with E-state index in [9.17, 15) is 0 Å². The van der Waals surface area contributed by atoms with Gasteiger partial charge in [0.15, 0.2) is 0 Å². The molecule has 0 aliphatic heterocycles. The van der Waals surface area contributed by atoms with Gasteiger partial charge in [-0.15, -0.1) is 0 Å². The van der Waals surface area contributed by atoms with Crippen molar-refractivity contribution in [3.8, 4) is 11.5 Å². The molecule has 2 rings (SSSR count). The van der Waals surface area contributed by atoms with Gasteiger partial charge in [0, 0.05) is 18.2 Å². The normalized spacial score (nSPS) is 16.2. The van der Waals surface area contributed by atoms with Gasteiger partial charge >= 0.3 is 0 Å². The third-order valence-corrected chi connectivity index (χ3v) is 4.17. The molecule has 0 heterocycles. The lowest BCUT2D eigenvalue weighted by Crippen LogP contribution is -2.22. The van der Waals surface area contributed by atoms with Gasteiger partial charge in [-0.2, -0.15) is 0 Å². The maximum Gasteiger partial charge on any atom is 0.124 e. The lowest BCUT2D eigenvalue weighted by Gasteiger charge is -2.23. The van der Waals surface area contributed by atoms with Crippen LogP contribution in [0.1, 0.15) is 51.5 Å². The summed E-state index contributed by atoms with van der Waals surface area (Å²) in [4.78, 5) is 0. The fourth-order valence-corrected chi connectivity index (χ4v) is 2.84. The van der Waals surface area contributed by atoms with E-state index >= 15 is 0 Å². The highest BCUT2D eigenvalue weighted by Crippen LogP contribution is 2.28. The molecule has 1 aliphatic rings. The van der Waals surface area contributed by atoms with E-state index in [0.717, 1.165) is 30.6 Å². The van der Waals surface area contributed by atoms with E-state index in [-0.39, 0.29) is 0 Å². The number of methoxy groups -OCH3 is 1. The maximum atomic E-state index is 6.11. The Bertz CT molecular complexity index is 425. The van der Waals surface area contributed by atoms with Gasteiger partial charge in [0.05, 0.1) is 13.7 Å². The van der Waals surface area contributed by atoms with Crippen molar-refractivity contribution in [1.82, 2.24) is 5.32 Å². The summed E-state index contributed by atoms with van der Waals surface area (Å²) in [5.41, 5.74) is 1.18. The predicted octanol–water partition coefficient (Wildman–Crippen LogP) is 4.15. The molecule has 1 aliphatic carbocycles. The van der Waals surface area contributed by atoms with Gasteiger partial charge in [-0.1, -0.05) is 33.1 Å². The molecule has 0 bridgehead atoms. The van der Waals surface area contributed by atoms with Crippen molar-refractivity contribution < 1.29 is 9.47 Å². The summed E-state index contributed by atoms with van der Waals surface area (Å²) in [7, 11) is 1.71. The molecular weight excluding hydrogens is 262 g/mol. The van der Waals surface area contributed by atoms with Crippen LogP contribution >= 0.6 is 0 Å². The quantitative estimate of drug-likeness (QED) is 0.818. The van der Waals surface area contributed by atoms with Crippen LogP contribution in [0.15, 0.2) is 18.2 Å². The summed E-state index contributed by atoms with van der Waals surface area (Å²) in [6.07, 6.45) is 6.74. The molecule has 1 fully saturated rings. The van der Waals surface area contributed by atoms with Crippen LogP contribution in [0.3, 0.4) is 0 Å². The molecule has 1 aromatic rings. The Morgan fingerprint density at radius 2 is 1.95 bits per heavy atom. The second-order valence-electron chi connectivity index (χ2n) is 6.32. The molecule has 0 radical (unpaired) electrons. The number of nitrogens with one attached hydrogen (secondary N) is 1. The topological polar surface area (TPSA) is 30.5 Å². The minimum absolute atomic E-state index is 0.461. The Hall–Kier alpha value is -1.22. The highest BCUT2D eigenvalue weighted by Gasteiger charge is 2.15. The molecule has 1 aromatic carbocycles. The van der Waals surface area contributed by atoms with Crippen LogP contribution in [0.2, 0.25) is 0 Å². The lowest BCUT2D eigenvalue weighted by molar-refractivity contribution is 0.207. The van der Waals surface area contributed by atoms with Gasteiger partial charge in [0.2, 0.25) is 0 Å². The molecule has 0 saturated heterocycles. The van der Waals surface area contributed by atoms with Gasteiger partial charge in [0.1, 0.15) is 11.5 Å². The highest BCUT2D eigenvalue weighted by atomic mass is 16.5. The Kier molecular flexibility index (Phi) is 6.37. The Balaban J connectivity index is 1.98. The third kappa shape index (κ3) is 5.24. The third-order valence-electron chi connectivity index (χ3n) is 4.17. The summed E-state index contributed by atoms with van der Waals surface area (Å²) in [6.45, 7) is 5.97. The predicted molar refractivity (Wildman–Crippen MR) is 87.0 cm³/mol. The molecule has 3 nitrogen and oxygen atoms in total. The molecule has 1 saturated carbocycles. The summed E-state index contributed by atoms with van der Waals surface area (Å²) in [5.74, 6) is 2.61. The first-order valence-corrected chi connectivity index (χ1v) is 8.22. The monoisotopic (exact) mass is 291 g/mol. The summed E-state index contributed by atoms with van der Waals surface area (Å²) in [5, 5.41) is 3.46. The van der Waals surface area contributed by atoms with Crippen LogP contribution in [0, 0.1) is 5.92 Å². The van der Waals surface area contributed by atoms with Crippen LogP contribution in [0.5, 0.6) is 11.5 Å². The number of hydrogen-bond donors (Lipinski definition) is 1. The number of ether oxygens (including phenoxy) is 2. The first-order valence-electron chi connectivity index (χ1n) is 8.22. The molecule has 21 heavy (non-hydrogen) atoms. The Morgan fingerprint density at radius 3 is 2.62 bits per heavy atom. The first-order chi connectivity index (χ1) is 10.2. The second-order valence-corrected chi connectivity index (χ2v) is 6.32. The van der Waals surface area contributed by atoms with Crippen LogP contribution in [0.4, 0.5) is 0 Å². The Morgan fingerprint density at radius 1 is 1.19 bits per heavy atom. The lowest BCUT2D eigenvalue weighted by atomic mass is 9.90. The van der Waals surface area contributed by atoms with E-state index in [2.05, 4.69) is 25.2 Å². The van der Waals surface area contributed by atoms with Crippen molar-refractivity contribution in [3.05, 3.63) is 23.8 Å². The van der Waals surface area contributed by atoms with E-state index in [0.29, 0.717) is 6.04 Å². The van der Waals surface area contributed by atoms with Crippen molar-refractivity contribution in [3.63, 3.8) is 0 Å². The van der Waals surface area contributed by atoms with E-state index in [1.807, 2.05) is 12.1 Å². The van der Waals surface area contributed by atoms with Crippen LogP contribution < -0.4 is 14.8 Å². The van der Waals surface area contributed by atoms with Crippen molar-refractivity contribution in [1.29, 1.82) is 0 Å². The smallest absolute Gasteiger partial charge is 0.124 e. The van der Waals surface area contributed by atoms with Crippen molar-refractivity contribution in [2.75, 3.05) is 13.7 Å². The molecular formula is C18H29NO2. The molecule has 0 aromatic heterocycles. The SMILES string of the molecule is COc1ccc(OCC2CCCCC2)c(CNC(C)C)c1. The second kappa shape index (κ2) is 8.28. The fraction of sp³-hybridized carbons (Fsp3) is 0.667. The van der Waals surface area contributed by atoms with Crippen molar-refractivity contribution in [2.24, 2.45) is 5.92 Å². The summed E-state index contributed by atoms with van der Waals surface area (Å²) in [6, 6.07) is 6.56. The fourth-order valence-electron chi connectivity index (χ4n) is 2.84. The zero-order valence-electron chi connectivity index (χ0n) is 13.7. The average molecular weight is 291 g/mol. The van der Waals surface area contributed by atoms with E-state index in [1.165, 1.54) is 37.7 Å². The zero-order chi connectivity index (χ0) is 15.1. The van der Waals surface area contributed by atoms with E-state index in [4.69, 9.17) is 9.47 Å². The molecule has 3 heteroatoms. The average Bonchev–Trinajstić information content (AvgIpc) is 2.52. The standard InChI is InChI=1S/C18H29NO2/c1-14(2)19-12-16-11-17(20-3)9-10-18(16)21-13-15-7-5-4-6-8-15/h9-11,14-15,19H,4-8,12-13H2,1-3H3. The van der Waals surface area contributed by atoms with Gasteiger partial charge in [-0.25, -0.2) is 0 Å². The molecule has 0 amide bonds. The van der Waals surface area contributed by atoms with Crippen molar-refractivity contribution >= 4 is 0 Å². The van der Waals surface area contributed by atoms with Gasteiger partial charge < -0.3 is 14.8 Å².